The van der Waals surface area contributed by atoms with Gasteiger partial charge in [0.25, 0.3) is 0 Å². The second-order valence-corrected chi connectivity index (χ2v) is 10.8. The predicted molar refractivity (Wildman–Crippen MR) is 204 cm³/mol. The summed E-state index contributed by atoms with van der Waals surface area (Å²) in [5, 5.41) is 5.40. The second-order valence-electron chi connectivity index (χ2n) is 10.8. The number of fused-ring (bicyclic) bond motifs is 1. The van der Waals surface area contributed by atoms with Crippen LogP contribution in [0.4, 0.5) is 11.4 Å². The largest absolute Gasteiger partial charge is 0.355 e. The first-order valence-corrected chi connectivity index (χ1v) is 14.0. The average molecular weight is 546 g/mol. The van der Waals surface area contributed by atoms with Crippen molar-refractivity contribution in [1.29, 1.82) is 0 Å². The molecule has 6 rings (SSSR count). The molecule has 0 atom stereocenters. The monoisotopic (exact) mass is 547 g/mol. The number of benzene rings is 6. The van der Waals surface area contributed by atoms with E-state index in [9.17, 15) is 0 Å². The molecule has 0 heterocycles. The lowest BCUT2D eigenvalue weighted by Gasteiger charge is -2.23. The van der Waals surface area contributed by atoms with Crippen LogP contribution in [0.3, 0.4) is 0 Å². The van der Waals surface area contributed by atoms with E-state index < -0.39 is 0 Å². The molecule has 0 saturated carbocycles. The molecule has 0 amide bonds. The van der Waals surface area contributed by atoms with Gasteiger partial charge in [-0.05, 0) is 56.8 Å². The summed E-state index contributed by atoms with van der Waals surface area (Å²) in [7, 11) is 62.2. The Morgan fingerprint density at radius 1 is 0.333 bits per heavy atom. The van der Waals surface area contributed by atoms with Crippen LogP contribution in [0, 0.1) is 0 Å². The van der Waals surface area contributed by atoms with Crippen molar-refractivity contribution in [3.63, 3.8) is 0 Å². The van der Waals surface area contributed by atoms with Gasteiger partial charge in [0.15, 0.2) is 0 Å². The van der Waals surface area contributed by atoms with E-state index in [1.54, 1.807) is 0 Å². The van der Waals surface area contributed by atoms with Crippen LogP contribution in [0.25, 0.3) is 44.2 Å². The van der Waals surface area contributed by atoms with Crippen LogP contribution in [-0.2, 0) is 0 Å². The van der Waals surface area contributed by atoms with Crippen molar-refractivity contribution in [3.8, 4) is 33.4 Å². The maximum Gasteiger partial charge on any atom is 0.113 e. The molecule has 20 radical (unpaired) electrons. The van der Waals surface area contributed by atoms with E-state index in [0.717, 1.165) is 44.4 Å². The lowest BCUT2D eigenvalue weighted by atomic mass is 9.59. The van der Waals surface area contributed by atoms with Crippen molar-refractivity contribution >= 4 is 155 Å². The molecule has 45 heavy (non-hydrogen) atoms. The Morgan fingerprint density at radius 3 is 1.27 bits per heavy atom. The molecule has 1 N–H and O–H groups in total. The van der Waals surface area contributed by atoms with Crippen molar-refractivity contribution in [3.05, 3.63) is 84.9 Å². The summed E-state index contributed by atoms with van der Waals surface area (Å²) < 4.78 is 0. The maximum absolute atomic E-state index is 6.41. The summed E-state index contributed by atoms with van der Waals surface area (Å²) >= 11 is 0. The van der Waals surface area contributed by atoms with Gasteiger partial charge in [0, 0.05) is 16.9 Å². The normalized spacial score (nSPS) is 11.1. The molecule has 0 fully saturated rings. The first kappa shape index (κ1) is 31.0. The molecule has 6 aromatic rings. The summed E-state index contributed by atoms with van der Waals surface area (Å²) in [6.45, 7) is 0. The molecule has 0 aromatic heterocycles. The first-order valence-electron chi connectivity index (χ1n) is 14.0. The Morgan fingerprint density at radius 2 is 0.733 bits per heavy atom. The maximum atomic E-state index is 6.41. The van der Waals surface area contributed by atoms with Crippen LogP contribution < -0.4 is 59.9 Å². The third kappa shape index (κ3) is 5.25. The number of hydrogen-bond acceptors (Lipinski definition) is 1. The van der Waals surface area contributed by atoms with Crippen LogP contribution in [0.2, 0.25) is 0 Å². The summed E-state index contributed by atoms with van der Waals surface area (Å²) in [5.74, 6) is 0. The Bertz CT molecular complexity index is 2080. The molecular weight excluding hydrogens is 531 g/mol. The highest BCUT2D eigenvalue weighted by Gasteiger charge is 2.17. The zero-order valence-electron chi connectivity index (χ0n) is 24.4. The highest BCUT2D eigenvalue weighted by molar-refractivity contribution is 6.70. The van der Waals surface area contributed by atoms with Gasteiger partial charge < -0.3 is 5.32 Å². The van der Waals surface area contributed by atoms with E-state index in [2.05, 4.69) is 5.32 Å². The van der Waals surface area contributed by atoms with Gasteiger partial charge in [-0.15, -0.1) is 32.8 Å². The molecule has 0 saturated heterocycles. The van der Waals surface area contributed by atoms with E-state index in [0.29, 0.717) is 22.1 Å². The SMILES string of the molecule is [B]c1c([B])c([B])c(-c2ccccc2Nc2ccc(-c3ccc(-c4c([B])c([B])c([B])c([B])c4[B])c4ccccc34)cc2)c([B])c1[B]. The molecule has 186 valence electrons. The zero-order chi connectivity index (χ0) is 32.2. The van der Waals surface area contributed by atoms with E-state index in [1.165, 1.54) is 0 Å². The van der Waals surface area contributed by atoms with Gasteiger partial charge in [-0.2, -0.15) is 0 Å². The summed E-state index contributed by atoms with van der Waals surface area (Å²) in [6.07, 6.45) is 0. The zero-order valence-corrected chi connectivity index (χ0v) is 24.4. The number of nitrogens with one attached hydrogen (secondary N) is 1. The molecular formula is C34H15B10N. The third-order valence-corrected chi connectivity index (χ3v) is 8.26. The van der Waals surface area contributed by atoms with Gasteiger partial charge in [-0.1, -0.05) is 88.6 Å². The fraction of sp³-hybridized carbons (Fsp3) is 0. The van der Waals surface area contributed by atoms with Gasteiger partial charge in [-0.3, -0.25) is 0 Å². The Kier molecular flexibility index (Phi) is 8.33. The molecule has 0 spiro atoms. The van der Waals surface area contributed by atoms with Crippen LogP contribution in [0.1, 0.15) is 0 Å². The standard InChI is InChI=1S/C34H15B10N/c35-25-23(26(36)30(40)33(43)29(25)39)20-14-13-17(18-5-1-2-6-19(18)20)15-9-11-16(12-10-15)45-22-8-4-3-7-21(22)24-27(37)31(41)34(44)32(42)28(24)38/h1-14,45H. The van der Waals surface area contributed by atoms with Crippen molar-refractivity contribution in [2.75, 3.05) is 5.32 Å². The highest BCUT2D eigenvalue weighted by atomic mass is 14.9. The first-order chi connectivity index (χ1) is 21.5. The van der Waals surface area contributed by atoms with E-state index in [4.69, 9.17) is 78.5 Å². The molecule has 11 heteroatoms. The number of para-hydroxylation sites is 1. The van der Waals surface area contributed by atoms with Gasteiger partial charge in [0.05, 0.1) is 0 Å². The molecule has 0 aliphatic rings. The Labute approximate surface area is 277 Å². The summed E-state index contributed by atoms with van der Waals surface area (Å²) in [4.78, 5) is 0. The predicted octanol–water partition coefficient (Wildman–Crippen LogP) is -2.48. The van der Waals surface area contributed by atoms with Crippen LogP contribution in [0.5, 0.6) is 0 Å². The molecule has 0 bridgehead atoms. The fourth-order valence-electron chi connectivity index (χ4n) is 5.75. The number of hydrogen-bond donors (Lipinski definition) is 1. The topological polar surface area (TPSA) is 12.0 Å². The minimum absolute atomic E-state index is 0.170. The number of anilines is 2. The lowest BCUT2D eigenvalue weighted by Crippen LogP contribution is -2.55. The third-order valence-electron chi connectivity index (χ3n) is 8.26. The summed E-state index contributed by atoms with van der Waals surface area (Å²) in [6, 6.07) is 27.7. The van der Waals surface area contributed by atoms with Crippen LogP contribution in [0.15, 0.2) is 84.9 Å². The van der Waals surface area contributed by atoms with Crippen molar-refractivity contribution in [2.45, 2.75) is 0 Å². The molecule has 0 aliphatic heterocycles. The molecule has 6 aromatic carbocycles. The van der Waals surface area contributed by atoms with Crippen molar-refractivity contribution in [2.24, 2.45) is 0 Å². The Hall–Kier alpha value is -3.97. The number of rotatable bonds is 5. The summed E-state index contributed by atoms with van der Waals surface area (Å²) in [5.41, 5.74) is 8.54. The van der Waals surface area contributed by atoms with Gasteiger partial charge in [-0.25, -0.2) is 0 Å². The van der Waals surface area contributed by atoms with E-state index >= 15 is 0 Å². The molecule has 1 nitrogen and oxygen atoms in total. The highest BCUT2D eigenvalue weighted by Crippen LogP contribution is 2.35. The van der Waals surface area contributed by atoms with E-state index in [-0.39, 0.29) is 43.7 Å². The van der Waals surface area contributed by atoms with Crippen LogP contribution >= 0.6 is 0 Å². The van der Waals surface area contributed by atoms with E-state index in [1.807, 2.05) is 84.9 Å². The van der Waals surface area contributed by atoms with Crippen molar-refractivity contribution in [1.82, 2.24) is 0 Å². The molecule has 0 aliphatic carbocycles. The van der Waals surface area contributed by atoms with Gasteiger partial charge >= 0.3 is 0 Å². The Balaban J connectivity index is 1.39. The minimum atomic E-state index is 0.170. The minimum Gasteiger partial charge on any atom is -0.355 e. The quantitative estimate of drug-likeness (QED) is 0.237. The second kappa shape index (κ2) is 12.1. The molecule has 0 unspecified atom stereocenters. The lowest BCUT2D eigenvalue weighted by molar-refractivity contribution is 1.54. The van der Waals surface area contributed by atoms with Crippen molar-refractivity contribution < 1.29 is 0 Å². The van der Waals surface area contributed by atoms with Crippen LogP contribution in [-0.4, -0.2) is 78.5 Å². The fourth-order valence-corrected chi connectivity index (χ4v) is 5.75. The van der Waals surface area contributed by atoms with Gasteiger partial charge in [0.2, 0.25) is 0 Å². The van der Waals surface area contributed by atoms with Gasteiger partial charge in [0.1, 0.15) is 78.5 Å². The smallest absolute Gasteiger partial charge is 0.113 e. The average Bonchev–Trinajstić information content (AvgIpc) is 3.06.